The Hall–Kier alpha value is -6.44. The number of nitrogens with zero attached hydrogens (tertiary/aromatic N) is 4. The third kappa shape index (κ3) is 2.86. The fraction of sp³-hybridized carbons (Fsp3) is 0. The summed E-state index contributed by atoms with van der Waals surface area (Å²) in [4.78, 5) is 9.18. The Balaban J connectivity index is 1.73. The molecule has 4 heterocycles. The molecular weight excluding hydrogens is 552 g/mol. The lowest BCUT2D eigenvalue weighted by molar-refractivity contribution is 0.327. The van der Waals surface area contributed by atoms with Crippen LogP contribution in [0, 0.1) is 0 Å². The second kappa shape index (κ2) is 8.04. The van der Waals surface area contributed by atoms with Crippen LogP contribution in [0.15, 0.2) is 48.7 Å². The molecule has 0 saturated carbocycles. The van der Waals surface area contributed by atoms with E-state index in [4.69, 9.17) is 4.98 Å². The maximum Gasteiger partial charge on any atom is 0.208 e. The molecule has 210 valence electrons. The average Bonchev–Trinajstić information content (AvgIpc) is 3.49. The minimum absolute atomic E-state index is 0.126. The first-order chi connectivity index (χ1) is 20.0. The van der Waals surface area contributed by atoms with Gasteiger partial charge in [-0.1, -0.05) is 18.2 Å². The van der Waals surface area contributed by atoms with Gasteiger partial charge in [0.15, 0.2) is 23.0 Å². The molecular formula is C28H18N4O10. The maximum atomic E-state index is 10.8. The Morgan fingerprint density at radius 2 is 0.881 bits per heavy atom. The summed E-state index contributed by atoms with van der Waals surface area (Å²) >= 11 is 0. The van der Waals surface area contributed by atoms with Crippen LogP contribution in [0.5, 0.6) is 57.5 Å². The standard InChI is InChI=1S/C28H18N4O10/c33-19-17(20(34)24(38)27(41)23(19)37)31-10-5-2-1-4-9(10)14-12(31)8-13-16(30-14)15-11(6-3-7-29-15)32(13)18-21(35)25(39)28(42)26(40)22(18)36/h1-8,33-42H. The number of aromatic hydroxyl groups is 10. The molecule has 4 aromatic heterocycles. The minimum atomic E-state index is -1.15. The molecule has 0 spiro atoms. The van der Waals surface area contributed by atoms with Crippen LogP contribution in [-0.4, -0.2) is 70.2 Å². The molecule has 7 aromatic rings. The molecule has 0 fully saturated rings. The SMILES string of the molecule is Oc1c(O)c(O)c(-n2c3ccccc3c3nc4c5ncccc5n(-c5c(O)c(O)c(O)c(O)c5O)c4cc32)c(O)c1O. The highest BCUT2D eigenvalue weighted by atomic mass is 16.4. The van der Waals surface area contributed by atoms with Crippen molar-refractivity contribution in [2.75, 3.05) is 0 Å². The van der Waals surface area contributed by atoms with Gasteiger partial charge >= 0.3 is 0 Å². The normalized spacial score (nSPS) is 11.8. The summed E-state index contributed by atoms with van der Waals surface area (Å²) < 4.78 is 2.49. The first-order valence-electron chi connectivity index (χ1n) is 12.1. The van der Waals surface area contributed by atoms with Crippen molar-refractivity contribution >= 4 is 44.0 Å². The van der Waals surface area contributed by atoms with Crippen molar-refractivity contribution in [1.29, 1.82) is 0 Å². The van der Waals surface area contributed by atoms with Crippen LogP contribution in [-0.2, 0) is 0 Å². The van der Waals surface area contributed by atoms with Gasteiger partial charge in [-0.25, -0.2) is 4.98 Å². The predicted molar refractivity (Wildman–Crippen MR) is 147 cm³/mol. The molecule has 0 saturated heterocycles. The van der Waals surface area contributed by atoms with Crippen molar-refractivity contribution in [3.8, 4) is 68.9 Å². The van der Waals surface area contributed by atoms with E-state index >= 15 is 0 Å². The molecule has 0 bridgehead atoms. The average molecular weight is 570 g/mol. The van der Waals surface area contributed by atoms with Crippen LogP contribution < -0.4 is 0 Å². The van der Waals surface area contributed by atoms with E-state index < -0.39 is 68.9 Å². The van der Waals surface area contributed by atoms with Gasteiger partial charge in [-0.15, -0.1) is 0 Å². The number of rotatable bonds is 2. The van der Waals surface area contributed by atoms with Gasteiger partial charge in [-0.2, -0.15) is 0 Å². The van der Waals surface area contributed by atoms with E-state index in [1.807, 2.05) is 0 Å². The van der Waals surface area contributed by atoms with Gasteiger partial charge in [-0.05, 0) is 24.3 Å². The van der Waals surface area contributed by atoms with Crippen LogP contribution in [0.4, 0.5) is 0 Å². The van der Waals surface area contributed by atoms with Crippen molar-refractivity contribution in [3.05, 3.63) is 48.7 Å². The van der Waals surface area contributed by atoms with E-state index in [-0.39, 0.29) is 27.6 Å². The smallest absolute Gasteiger partial charge is 0.208 e. The maximum absolute atomic E-state index is 10.8. The number of aromatic nitrogens is 4. The number of hydrogen-bond donors (Lipinski definition) is 10. The number of hydrogen-bond acceptors (Lipinski definition) is 12. The molecule has 10 N–H and O–H groups in total. The lowest BCUT2D eigenvalue weighted by Gasteiger charge is -2.16. The Morgan fingerprint density at radius 3 is 1.45 bits per heavy atom. The van der Waals surface area contributed by atoms with Crippen molar-refractivity contribution in [2.24, 2.45) is 0 Å². The van der Waals surface area contributed by atoms with Crippen molar-refractivity contribution < 1.29 is 51.1 Å². The second-order valence-electron chi connectivity index (χ2n) is 9.47. The topological polar surface area (TPSA) is 238 Å². The summed E-state index contributed by atoms with van der Waals surface area (Å²) in [5.41, 5.74) is 0.682. The molecule has 0 radical (unpaired) electrons. The zero-order valence-electron chi connectivity index (χ0n) is 20.9. The summed E-state index contributed by atoms with van der Waals surface area (Å²) in [5, 5.41) is 105. The van der Waals surface area contributed by atoms with Crippen LogP contribution >= 0.6 is 0 Å². The van der Waals surface area contributed by atoms with E-state index in [1.54, 1.807) is 36.4 Å². The lowest BCUT2D eigenvalue weighted by atomic mass is 10.2. The monoisotopic (exact) mass is 570 g/mol. The van der Waals surface area contributed by atoms with Crippen molar-refractivity contribution in [1.82, 2.24) is 19.1 Å². The van der Waals surface area contributed by atoms with Crippen LogP contribution in [0.1, 0.15) is 0 Å². The fourth-order valence-corrected chi connectivity index (χ4v) is 5.35. The zero-order chi connectivity index (χ0) is 29.8. The van der Waals surface area contributed by atoms with Crippen molar-refractivity contribution in [2.45, 2.75) is 0 Å². The number of pyridine rings is 2. The Labute approximate surface area is 231 Å². The summed E-state index contributed by atoms with van der Waals surface area (Å²) in [5.74, 6) is -10.6. The van der Waals surface area contributed by atoms with Crippen LogP contribution in [0.2, 0.25) is 0 Å². The van der Waals surface area contributed by atoms with Gasteiger partial charge in [0.1, 0.15) is 22.4 Å². The largest absolute Gasteiger partial charge is 0.503 e. The molecule has 7 rings (SSSR count). The molecule has 0 aliphatic heterocycles. The minimum Gasteiger partial charge on any atom is -0.503 e. The Kier molecular flexibility index (Phi) is 4.71. The molecule has 14 heteroatoms. The van der Waals surface area contributed by atoms with E-state index in [2.05, 4.69) is 4.98 Å². The van der Waals surface area contributed by atoms with Crippen LogP contribution in [0.3, 0.4) is 0 Å². The van der Waals surface area contributed by atoms with Gasteiger partial charge < -0.3 is 55.6 Å². The molecule has 0 aliphatic carbocycles. The van der Waals surface area contributed by atoms with Crippen LogP contribution in [0.25, 0.3) is 55.4 Å². The zero-order valence-corrected chi connectivity index (χ0v) is 20.9. The summed E-state index contributed by atoms with van der Waals surface area (Å²) in [7, 11) is 0. The van der Waals surface area contributed by atoms with Crippen molar-refractivity contribution in [3.63, 3.8) is 0 Å². The summed E-state index contributed by atoms with van der Waals surface area (Å²) in [6.07, 6.45) is 1.48. The highest BCUT2D eigenvalue weighted by Crippen LogP contribution is 2.55. The fourth-order valence-electron chi connectivity index (χ4n) is 5.35. The summed E-state index contributed by atoms with van der Waals surface area (Å²) in [6, 6.07) is 11.3. The molecule has 3 aromatic carbocycles. The Morgan fingerprint density at radius 1 is 0.429 bits per heavy atom. The molecule has 0 amide bonds. The summed E-state index contributed by atoms with van der Waals surface area (Å²) in [6.45, 7) is 0. The number of benzene rings is 3. The van der Waals surface area contributed by atoms with Gasteiger partial charge in [0.2, 0.25) is 34.5 Å². The quantitative estimate of drug-likeness (QED) is 0.106. The van der Waals surface area contributed by atoms with E-state index in [0.29, 0.717) is 16.4 Å². The van der Waals surface area contributed by atoms with E-state index in [9.17, 15) is 51.1 Å². The molecule has 42 heavy (non-hydrogen) atoms. The molecule has 0 aliphatic rings. The van der Waals surface area contributed by atoms with Gasteiger partial charge in [0.25, 0.3) is 0 Å². The molecule has 14 nitrogen and oxygen atoms in total. The van der Waals surface area contributed by atoms with E-state index in [0.717, 1.165) is 0 Å². The Bertz CT molecular complexity index is 2110. The first kappa shape index (κ1) is 24.6. The molecule has 0 unspecified atom stereocenters. The predicted octanol–water partition coefficient (Wildman–Crippen LogP) is 3.73. The van der Waals surface area contributed by atoms with Gasteiger partial charge in [-0.3, -0.25) is 9.55 Å². The number of para-hydroxylation sites is 1. The lowest BCUT2D eigenvalue weighted by Crippen LogP contribution is -1.99. The molecule has 0 atom stereocenters. The van der Waals surface area contributed by atoms with Gasteiger partial charge in [0, 0.05) is 11.6 Å². The number of phenolic OH excluding ortho intramolecular Hbond substituents is 10. The third-order valence-corrected chi connectivity index (χ3v) is 7.25. The highest BCUT2D eigenvalue weighted by Gasteiger charge is 2.30. The highest BCUT2D eigenvalue weighted by molar-refractivity contribution is 6.15. The number of phenols is 10. The van der Waals surface area contributed by atoms with Gasteiger partial charge in [0.05, 0.1) is 27.6 Å². The second-order valence-corrected chi connectivity index (χ2v) is 9.47. The third-order valence-electron chi connectivity index (χ3n) is 7.25. The number of fused-ring (bicyclic) bond motifs is 6. The first-order valence-corrected chi connectivity index (χ1v) is 12.1. The van der Waals surface area contributed by atoms with E-state index in [1.165, 1.54) is 21.4 Å².